The van der Waals surface area contributed by atoms with Crippen LogP contribution in [0.2, 0.25) is 0 Å². The molecule has 1 unspecified atom stereocenters. The van der Waals surface area contributed by atoms with Crippen molar-refractivity contribution in [1.29, 1.82) is 0 Å². The number of unbranched alkanes of at least 4 members (excludes halogenated alkanes) is 15. The van der Waals surface area contributed by atoms with Crippen molar-refractivity contribution in [2.45, 2.75) is 135 Å². The van der Waals surface area contributed by atoms with Crippen molar-refractivity contribution in [3.63, 3.8) is 0 Å². The third kappa shape index (κ3) is 14.4. The van der Waals surface area contributed by atoms with Gasteiger partial charge in [-0.15, -0.1) is 0 Å². The van der Waals surface area contributed by atoms with Crippen LogP contribution in [0.3, 0.4) is 0 Å². The average molecular weight is 458 g/mol. The number of rotatable bonds is 23. The first-order valence-corrected chi connectivity index (χ1v) is 12.8. The minimum Gasteiger partial charge on any atom is -0.481 e. The van der Waals surface area contributed by atoms with Crippen LogP contribution in [0.1, 0.15) is 135 Å². The van der Waals surface area contributed by atoms with Crippen molar-refractivity contribution >= 4 is 17.9 Å². The summed E-state index contributed by atoms with van der Waals surface area (Å²) in [5, 5.41) is 18.4. The van der Waals surface area contributed by atoms with Crippen molar-refractivity contribution in [2.75, 3.05) is 0 Å². The lowest BCUT2D eigenvalue weighted by Gasteiger charge is -2.26. The van der Waals surface area contributed by atoms with Crippen LogP contribution in [0.4, 0.5) is 0 Å². The predicted molar refractivity (Wildman–Crippen MR) is 126 cm³/mol. The molecular weight excluding hydrogens is 410 g/mol. The molecule has 0 saturated heterocycles. The van der Waals surface area contributed by atoms with Gasteiger partial charge in [0, 0.05) is 6.42 Å². The number of nitrogens with two attached hydrogens (primary N) is 1. The number of carbonyl (C=O) groups excluding carboxylic acids is 1. The monoisotopic (exact) mass is 457 g/mol. The Morgan fingerprint density at radius 2 is 1.03 bits per heavy atom. The summed E-state index contributed by atoms with van der Waals surface area (Å²) in [5.41, 5.74) is -1.54. The van der Waals surface area contributed by atoms with Gasteiger partial charge in [0.2, 0.25) is 0 Å². The van der Waals surface area contributed by atoms with E-state index >= 15 is 0 Å². The van der Waals surface area contributed by atoms with Crippen LogP contribution in [0, 0.1) is 5.41 Å². The highest BCUT2D eigenvalue weighted by Crippen LogP contribution is 2.34. The molecule has 32 heavy (non-hydrogen) atoms. The molecule has 4 N–H and O–H groups in total. The minimum absolute atomic E-state index is 0.230. The number of hydrogen-bond donors (Lipinski definition) is 3. The Bertz CT molecular complexity index is 511. The second kappa shape index (κ2) is 20.0. The van der Waals surface area contributed by atoms with E-state index in [1.807, 2.05) is 0 Å². The van der Waals surface area contributed by atoms with Crippen LogP contribution in [-0.4, -0.2) is 28.1 Å². The van der Waals surface area contributed by atoms with Crippen molar-refractivity contribution in [1.82, 2.24) is 0 Å². The molecule has 0 aliphatic rings. The molecule has 7 nitrogen and oxygen atoms in total. The largest absolute Gasteiger partial charge is 0.481 e. The van der Waals surface area contributed by atoms with Crippen molar-refractivity contribution in [3.05, 3.63) is 0 Å². The molecule has 0 rings (SSSR count). The second-order valence-electron chi connectivity index (χ2n) is 9.09. The number of carbonyl (C=O) groups is 3. The predicted octanol–water partition coefficient (Wildman–Crippen LogP) is 6.38. The molecule has 0 aliphatic carbocycles. The highest BCUT2D eigenvalue weighted by molar-refractivity contribution is 5.98. The third-order valence-corrected chi connectivity index (χ3v) is 6.36. The standard InChI is InChI=1S/C25H47NO6/c1-2-3-4-5-6-8-11-14-17-20-25(23(29)30,24(31)32-26)21-18-15-12-9-7-10-13-16-19-22(27)28/h2-21,26H2,1H3,(H,27,28)(H,29,30). The van der Waals surface area contributed by atoms with E-state index in [1.54, 1.807) is 0 Å². The van der Waals surface area contributed by atoms with Gasteiger partial charge in [-0.3, -0.25) is 9.59 Å². The van der Waals surface area contributed by atoms with Crippen LogP contribution in [0.15, 0.2) is 0 Å². The summed E-state index contributed by atoms with van der Waals surface area (Å²) in [5.74, 6) is 2.38. The van der Waals surface area contributed by atoms with Crippen molar-refractivity contribution < 1.29 is 29.4 Å². The molecule has 0 heterocycles. The molecule has 0 saturated carbocycles. The average Bonchev–Trinajstić information content (AvgIpc) is 2.76. The Kier molecular flexibility index (Phi) is 19.0. The maximum Gasteiger partial charge on any atom is 0.341 e. The lowest BCUT2D eigenvalue weighted by atomic mass is 9.77. The molecule has 0 aromatic carbocycles. The summed E-state index contributed by atoms with van der Waals surface area (Å²) in [6, 6.07) is 0. The van der Waals surface area contributed by atoms with E-state index in [0.717, 1.165) is 64.2 Å². The first-order chi connectivity index (χ1) is 15.4. The summed E-state index contributed by atoms with van der Waals surface area (Å²) in [4.78, 5) is 39.2. The Hall–Kier alpha value is -1.63. The Balaban J connectivity index is 4.19. The molecule has 0 aromatic rings. The molecule has 0 spiro atoms. The second-order valence-corrected chi connectivity index (χ2v) is 9.09. The van der Waals surface area contributed by atoms with Gasteiger partial charge in [0.15, 0.2) is 5.41 Å². The fourth-order valence-electron chi connectivity index (χ4n) is 4.24. The van der Waals surface area contributed by atoms with E-state index in [4.69, 9.17) is 11.0 Å². The number of carboxylic acids is 2. The van der Waals surface area contributed by atoms with E-state index in [2.05, 4.69) is 11.8 Å². The van der Waals surface area contributed by atoms with E-state index in [1.165, 1.54) is 32.1 Å². The summed E-state index contributed by atoms with van der Waals surface area (Å²) >= 11 is 0. The quantitative estimate of drug-likeness (QED) is 0.0922. The van der Waals surface area contributed by atoms with Crippen LogP contribution in [0.5, 0.6) is 0 Å². The zero-order chi connectivity index (χ0) is 24.1. The van der Waals surface area contributed by atoms with Crippen LogP contribution in [0.25, 0.3) is 0 Å². The van der Waals surface area contributed by atoms with E-state index < -0.39 is 23.3 Å². The fraction of sp³-hybridized carbons (Fsp3) is 0.880. The van der Waals surface area contributed by atoms with E-state index in [-0.39, 0.29) is 19.3 Å². The zero-order valence-corrected chi connectivity index (χ0v) is 20.2. The zero-order valence-electron chi connectivity index (χ0n) is 20.2. The summed E-state index contributed by atoms with van der Waals surface area (Å²) < 4.78 is 0. The maximum absolute atomic E-state index is 12.3. The molecule has 0 aliphatic heterocycles. The summed E-state index contributed by atoms with van der Waals surface area (Å²) in [7, 11) is 0. The number of carboxylic acid groups (broad SMARTS) is 2. The van der Waals surface area contributed by atoms with Crippen molar-refractivity contribution in [3.8, 4) is 0 Å². The Labute approximate surface area is 194 Å². The fourth-order valence-corrected chi connectivity index (χ4v) is 4.24. The molecule has 0 aromatic heterocycles. The first-order valence-electron chi connectivity index (χ1n) is 12.8. The van der Waals surface area contributed by atoms with Gasteiger partial charge in [-0.1, -0.05) is 110 Å². The third-order valence-electron chi connectivity index (χ3n) is 6.36. The molecule has 0 fully saturated rings. The normalized spacial score (nSPS) is 12.9. The lowest BCUT2D eigenvalue weighted by Crippen LogP contribution is -2.42. The van der Waals surface area contributed by atoms with Crippen LogP contribution in [-0.2, 0) is 19.2 Å². The Morgan fingerprint density at radius 3 is 1.38 bits per heavy atom. The number of hydrogen-bond acceptors (Lipinski definition) is 5. The van der Waals surface area contributed by atoms with Gasteiger partial charge in [0.1, 0.15) is 0 Å². The Morgan fingerprint density at radius 1 is 0.656 bits per heavy atom. The molecule has 188 valence electrons. The van der Waals surface area contributed by atoms with Crippen LogP contribution >= 0.6 is 0 Å². The highest BCUT2D eigenvalue weighted by atomic mass is 16.7. The summed E-state index contributed by atoms with van der Waals surface area (Å²) in [6.07, 6.45) is 18.1. The van der Waals surface area contributed by atoms with Crippen molar-refractivity contribution in [2.24, 2.45) is 11.3 Å². The van der Waals surface area contributed by atoms with Gasteiger partial charge in [-0.25, -0.2) is 4.79 Å². The van der Waals surface area contributed by atoms with Gasteiger partial charge in [-0.05, 0) is 19.3 Å². The maximum atomic E-state index is 12.3. The van der Waals surface area contributed by atoms with Gasteiger partial charge in [0.25, 0.3) is 0 Å². The smallest absolute Gasteiger partial charge is 0.341 e. The van der Waals surface area contributed by atoms with Crippen LogP contribution < -0.4 is 5.90 Å². The molecule has 7 heteroatoms. The van der Waals surface area contributed by atoms with Gasteiger partial charge < -0.3 is 15.1 Å². The SMILES string of the molecule is CCCCCCCCCCCC(CCCCCCCCCCC(=O)O)(C(=O)O)C(=O)ON. The molecule has 0 radical (unpaired) electrons. The summed E-state index contributed by atoms with van der Waals surface area (Å²) in [6.45, 7) is 2.20. The lowest BCUT2D eigenvalue weighted by molar-refractivity contribution is -0.171. The first kappa shape index (κ1) is 30.4. The minimum atomic E-state index is -1.54. The topological polar surface area (TPSA) is 127 Å². The van der Waals surface area contributed by atoms with E-state index in [9.17, 15) is 19.5 Å². The molecular formula is C25H47NO6. The number of aliphatic carboxylic acids is 2. The van der Waals surface area contributed by atoms with Gasteiger partial charge in [-0.2, -0.15) is 5.90 Å². The van der Waals surface area contributed by atoms with Gasteiger partial charge >= 0.3 is 17.9 Å². The molecule has 0 bridgehead atoms. The molecule has 1 atom stereocenters. The van der Waals surface area contributed by atoms with Gasteiger partial charge in [0.05, 0.1) is 0 Å². The highest BCUT2D eigenvalue weighted by Gasteiger charge is 2.46. The van der Waals surface area contributed by atoms with E-state index in [0.29, 0.717) is 12.8 Å². The molecule has 0 amide bonds.